The molecule has 2 rings (SSSR count). The van der Waals surface area contributed by atoms with Gasteiger partial charge in [-0.3, -0.25) is 0 Å². The normalized spacial score (nSPS) is 10.8. The number of halogens is 1. The zero-order valence-corrected chi connectivity index (χ0v) is 9.95. The molecule has 0 bridgehead atoms. The van der Waals surface area contributed by atoms with E-state index in [0.29, 0.717) is 5.02 Å². The second-order valence-electron chi connectivity index (χ2n) is 3.06. The molecule has 2 nitrogen and oxygen atoms in total. The van der Waals surface area contributed by atoms with E-state index in [-0.39, 0.29) is 0 Å². The van der Waals surface area contributed by atoms with E-state index in [1.807, 2.05) is 42.5 Å². The smallest absolute Gasteiger partial charge is 0.0864 e. The van der Waals surface area contributed by atoms with Crippen molar-refractivity contribution in [1.29, 1.82) is 0 Å². The number of hydrogen-bond acceptors (Lipinski definition) is 3. The maximum atomic E-state index is 5.76. The summed E-state index contributed by atoms with van der Waals surface area (Å²) in [6.07, 6.45) is 0. The number of rotatable bonds is 3. The van der Waals surface area contributed by atoms with Crippen LogP contribution >= 0.6 is 23.5 Å². The lowest BCUT2D eigenvalue weighted by molar-refractivity contribution is 1.32. The van der Waals surface area contributed by atoms with E-state index in [0.717, 1.165) is 10.6 Å². The monoisotopic (exact) mass is 248 g/mol. The molecule has 0 N–H and O–H groups in total. The van der Waals surface area contributed by atoms with Gasteiger partial charge in [0.05, 0.1) is 5.69 Å². The summed E-state index contributed by atoms with van der Waals surface area (Å²) < 4.78 is 4.04. The Morgan fingerprint density at radius 3 is 2.25 bits per heavy atom. The topological polar surface area (TPSA) is 24.7 Å². The van der Waals surface area contributed by atoms with Crippen LogP contribution < -0.4 is 0 Å². The van der Waals surface area contributed by atoms with Gasteiger partial charge >= 0.3 is 0 Å². The summed E-state index contributed by atoms with van der Waals surface area (Å²) in [5.41, 5.74) is 0.799. The minimum Gasteiger partial charge on any atom is -0.143 e. The maximum Gasteiger partial charge on any atom is 0.0864 e. The van der Waals surface area contributed by atoms with Gasteiger partial charge in [-0.2, -0.15) is 0 Å². The van der Waals surface area contributed by atoms with Crippen molar-refractivity contribution in [2.45, 2.75) is 4.90 Å². The van der Waals surface area contributed by atoms with Crippen LogP contribution in [-0.2, 0) is 0 Å². The third-order valence-electron chi connectivity index (χ3n) is 1.87. The Morgan fingerprint density at radius 1 is 0.875 bits per heavy atom. The molecule has 0 spiro atoms. The average molecular weight is 249 g/mol. The molecule has 2 aromatic carbocycles. The van der Waals surface area contributed by atoms with Gasteiger partial charge in [-0.1, -0.05) is 29.8 Å². The number of hydrogen-bond donors (Lipinski definition) is 0. The van der Waals surface area contributed by atoms with Crippen LogP contribution in [0.1, 0.15) is 0 Å². The highest BCUT2D eigenvalue weighted by Gasteiger charge is 1.91. The van der Waals surface area contributed by atoms with Crippen LogP contribution in [0.4, 0.5) is 5.69 Å². The van der Waals surface area contributed by atoms with Gasteiger partial charge in [0.2, 0.25) is 0 Å². The van der Waals surface area contributed by atoms with Crippen LogP contribution in [0.3, 0.4) is 0 Å². The molecule has 16 heavy (non-hydrogen) atoms. The molecule has 0 atom stereocenters. The van der Waals surface area contributed by atoms with Crippen LogP contribution in [-0.4, -0.2) is 0 Å². The van der Waals surface area contributed by atoms with Crippen molar-refractivity contribution >= 4 is 29.2 Å². The van der Waals surface area contributed by atoms with Crippen molar-refractivity contribution in [2.75, 3.05) is 0 Å². The quantitative estimate of drug-likeness (QED) is 0.546. The molecule has 80 valence electrons. The Balaban J connectivity index is 1.98. The molecule has 0 saturated carbocycles. The number of benzene rings is 2. The maximum absolute atomic E-state index is 5.76. The van der Waals surface area contributed by atoms with Crippen molar-refractivity contribution in [3.63, 3.8) is 0 Å². The van der Waals surface area contributed by atoms with Crippen molar-refractivity contribution in [1.82, 2.24) is 0 Å². The Morgan fingerprint density at radius 2 is 1.56 bits per heavy atom. The summed E-state index contributed by atoms with van der Waals surface area (Å²) in [5, 5.41) is 4.78. The van der Waals surface area contributed by atoms with E-state index >= 15 is 0 Å². The Bertz CT molecular complexity index is 468. The zero-order chi connectivity index (χ0) is 11.2. The Labute approximate surface area is 103 Å². The first-order valence-corrected chi connectivity index (χ1v) is 5.88. The molecule has 0 saturated heterocycles. The van der Waals surface area contributed by atoms with Crippen molar-refractivity contribution in [3.8, 4) is 0 Å². The molecular formula is C12H9ClN2S. The predicted molar refractivity (Wildman–Crippen MR) is 68.3 cm³/mol. The van der Waals surface area contributed by atoms with Crippen molar-refractivity contribution in [2.24, 2.45) is 9.63 Å². The standard InChI is InChI=1S/C12H9ClN2S/c13-10-6-8-11(9-7-10)14-15-16-12-4-2-1-3-5-12/h1-9H. The summed E-state index contributed by atoms with van der Waals surface area (Å²) >= 11 is 7.11. The fourth-order valence-corrected chi connectivity index (χ4v) is 1.74. The first kappa shape index (κ1) is 11.2. The van der Waals surface area contributed by atoms with E-state index < -0.39 is 0 Å². The highest BCUT2D eigenvalue weighted by Crippen LogP contribution is 2.22. The molecule has 0 aromatic heterocycles. The molecule has 0 radical (unpaired) electrons. The van der Waals surface area contributed by atoms with Crippen LogP contribution in [0, 0.1) is 0 Å². The SMILES string of the molecule is Clc1ccc(N=NSc2ccccc2)cc1. The van der Waals surface area contributed by atoms with Gasteiger partial charge in [0, 0.05) is 21.9 Å². The minimum atomic E-state index is 0.703. The third kappa shape index (κ3) is 3.36. The van der Waals surface area contributed by atoms with Gasteiger partial charge in [-0.25, -0.2) is 0 Å². The van der Waals surface area contributed by atoms with E-state index in [4.69, 9.17) is 11.6 Å². The lowest BCUT2D eigenvalue weighted by Crippen LogP contribution is -1.65. The van der Waals surface area contributed by atoms with Gasteiger partial charge in [0.25, 0.3) is 0 Å². The van der Waals surface area contributed by atoms with Crippen LogP contribution in [0.5, 0.6) is 0 Å². The molecule has 0 aliphatic rings. The summed E-state index contributed by atoms with van der Waals surface area (Å²) in [6, 6.07) is 17.2. The summed E-state index contributed by atoms with van der Waals surface area (Å²) in [5.74, 6) is 0. The predicted octanol–water partition coefficient (Wildman–Crippen LogP) is 5.13. The van der Waals surface area contributed by atoms with Gasteiger partial charge in [-0.15, -0.1) is 9.63 Å². The molecule has 4 heteroatoms. The lowest BCUT2D eigenvalue weighted by atomic mass is 10.3. The summed E-state index contributed by atoms with van der Waals surface area (Å²) in [7, 11) is 0. The van der Waals surface area contributed by atoms with Crippen LogP contribution in [0.15, 0.2) is 69.1 Å². The Kier molecular flexibility index (Phi) is 3.97. The molecule has 0 aliphatic carbocycles. The van der Waals surface area contributed by atoms with Crippen molar-refractivity contribution in [3.05, 3.63) is 59.6 Å². The van der Waals surface area contributed by atoms with E-state index in [9.17, 15) is 0 Å². The van der Waals surface area contributed by atoms with E-state index in [1.54, 1.807) is 12.1 Å². The summed E-state index contributed by atoms with van der Waals surface area (Å²) in [6.45, 7) is 0. The fraction of sp³-hybridized carbons (Fsp3) is 0. The number of nitrogens with zero attached hydrogens (tertiary/aromatic N) is 2. The second kappa shape index (κ2) is 5.68. The second-order valence-corrected chi connectivity index (χ2v) is 4.32. The highest BCUT2D eigenvalue weighted by molar-refractivity contribution is 7.97. The minimum absolute atomic E-state index is 0.703. The molecule has 0 aliphatic heterocycles. The first-order chi connectivity index (χ1) is 7.84. The fourth-order valence-electron chi connectivity index (χ4n) is 1.10. The van der Waals surface area contributed by atoms with Gasteiger partial charge in [0.1, 0.15) is 0 Å². The molecule has 0 heterocycles. The van der Waals surface area contributed by atoms with Crippen LogP contribution in [0.2, 0.25) is 5.02 Å². The van der Waals surface area contributed by atoms with E-state index in [1.165, 1.54) is 11.9 Å². The first-order valence-electron chi connectivity index (χ1n) is 4.73. The van der Waals surface area contributed by atoms with Gasteiger partial charge in [-0.05, 0) is 36.4 Å². The highest BCUT2D eigenvalue weighted by atomic mass is 35.5. The zero-order valence-electron chi connectivity index (χ0n) is 8.38. The van der Waals surface area contributed by atoms with Gasteiger partial charge in [0.15, 0.2) is 0 Å². The third-order valence-corrected chi connectivity index (χ3v) is 2.77. The van der Waals surface area contributed by atoms with Gasteiger partial charge < -0.3 is 0 Å². The average Bonchev–Trinajstić information content (AvgIpc) is 2.33. The molecule has 0 fully saturated rings. The van der Waals surface area contributed by atoms with Crippen LogP contribution in [0.25, 0.3) is 0 Å². The van der Waals surface area contributed by atoms with E-state index in [2.05, 4.69) is 9.63 Å². The largest absolute Gasteiger partial charge is 0.143 e. The Hall–Kier alpha value is -1.32. The molecule has 2 aromatic rings. The molecular weight excluding hydrogens is 240 g/mol. The summed E-state index contributed by atoms with van der Waals surface area (Å²) in [4.78, 5) is 1.07. The van der Waals surface area contributed by atoms with Crippen molar-refractivity contribution < 1.29 is 0 Å². The molecule has 0 amide bonds. The molecule has 0 unspecified atom stereocenters. The lowest BCUT2D eigenvalue weighted by Gasteiger charge is -1.93.